The number of amides is 1. The Morgan fingerprint density at radius 2 is 2.12 bits per heavy atom. The molecule has 1 saturated carbocycles. The molecule has 2 fully saturated rings. The Hall–Kier alpha value is -1.47. The Kier molecular flexibility index (Phi) is 5.43. The van der Waals surface area contributed by atoms with Gasteiger partial charge in [-0.25, -0.2) is 12.8 Å². The van der Waals surface area contributed by atoms with Crippen LogP contribution >= 0.6 is 0 Å². The molecule has 0 aromatic heterocycles. The number of hydrogen-bond donors (Lipinski definition) is 1. The second kappa shape index (κ2) is 7.41. The smallest absolute Gasteiger partial charge is 0.238 e. The van der Waals surface area contributed by atoms with E-state index in [9.17, 15) is 17.6 Å². The molecular formula is C18H25FN2O3S. The fourth-order valence-corrected chi connectivity index (χ4v) is 5.52. The highest BCUT2D eigenvalue weighted by atomic mass is 32.2. The van der Waals surface area contributed by atoms with Crippen LogP contribution in [0.5, 0.6) is 0 Å². The van der Waals surface area contributed by atoms with Gasteiger partial charge in [0.15, 0.2) is 0 Å². The van der Waals surface area contributed by atoms with Crippen molar-refractivity contribution in [2.75, 3.05) is 12.3 Å². The highest BCUT2D eigenvalue weighted by Gasteiger charge is 2.40. The van der Waals surface area contributed by atoms with Gasteiger partial charge in [0, 0.05) is 12.6 Å². The number of benzene rings is 1. The Bertz CT molecular complexity index is 732. The van der Waals surface area contributed by atoms with Crippen LogP contribution in [-0.2, 0) is 14.8 Å². The molecule has 0 bridgehead atoms. The molecule has 1 N–H and O–H groups in total. The Morgan fingerprint density at radius 1 is 1.36 bits per heavy atom. The number of carbonyl (C=O) groups excluding carboxylic acids is 1. The summed E-state index contributed by atoms with van der Waals surface area (Å²) in [5.41, 5.74) is 0.957. The van der Waals surface area contributed by atoms with E-state index in [1.54, 1.807) is 12.1 Å². The number of halogens is 1. The molecule has 1 atom stereocenters. The third kappa shape index (κ3) is 4.03. The van der Waals surface area contributed by atoms with Gasteiger partial charge in [-0.3, -0.25) is 4.79 Å². The Morgan fingerprint density at radius 3 is 2.80 bits per heavy atom. The van der Waals surface area contributed by atoms with Gasteiger partial charge in [0.25, 0.3) is 0 Å². The molecule has 2 aliphatic rings. The normalized spacial score (nSPS) is 27.0. The summed E-state index contributed by atoms with van der Waals surface area (Å²) in [6.45, 7) is 2.25. The minimum atomic E-state index is -3.36. The molecule has 1 aromatic rings. The summed E-state index contributed by atoms with van der Waals surface area (Å²) in [6, 6.07) is 6.03. The van der Waals surface area contributed by atoms with Crippen molar-refractivity contribution < 1.29 is 17.6 Å². The average molecular weight is 368 g/mol. The number of rotatable bonds is 6. The van der Waals surface area contributed by atoms with Crippen LogP contribution in [0, 0.1) is 5.82 Å². The summed E-state index contributed by atoms with van der Waals surface area (Å²) in [4.78, 5) is 12.5. The zero-order chi connectivity index (χ0) is 18.0. The first-order valence-electron chi connectivity index (χ1n) is 8.96. The lowest BCUT2D eigenvalue weighted by atomic mass is 9.76. The van der Waals surface area contributed by atoms with Gasteiger partial charge in [-0.05, 0) is 55.7 Å². The van der Waals surface area contributed by atoms with Crippen LogP contribution in [-0.4, -0.2) is 43.0 Å². The van der Waals surface area contributed by atoms with Crippen molar-refractivity contribution in [2.45, 2.75) is 57.0 Å². The van der Waals surface area contributed by atoms with Crippen molar-refractivity contribution in [3.05, 3.63) is 35.6 Å². The highest BCUT2D eigenvalue weighted by Crippen LogP contribution is 2.37. The molecular weight excluding hydrogens is 343 g/mol. The molecule has 0 spiro atoms. The molecule has 1 unspecified atom stereocenters. The number of hydrogen-bond acceptors (Lipinski definition) is 3. The predicted molar refractivity (Wildman–Crippen MR) is 94.1 cm³/mol. The molecule has 1 heterocycles. The SMILES string of the molecule is CCCS(=O)(=O)N1CCCC1C(=O)NC1CC(c2cccc(F)c2)C1. The van der Waals surface area contributed by atoms with Gasteiger partial charge in [0.2, 0.25) is 15.9 Å². The van der Waals surface area contributed by atoms with Gasteiger partial charge >= 0.3 is 0 Å². The summed E-state index contributed by atoms with van der Waals surface area (Å²) in [5, 5.41) is 2.98. The zero-order valence-electron chi connectivity index (χ0n) is 14.4. The maximum absolute atomic E-state index is 13.3. The average Bonchev–Trinajstić information content (AvgIpc) is 3.00. The number of sulfonamides is 1. The molecule has 7 heteroatoms. The molecule has 1 aliphatic carbocycles. The molecule has 1 aliphatic heterocycles. The van der Waals surface area contributed by atoms with Crippen molar-refractivity contribution in [2.24, 2.45) is 0 Å². The van der Waals surface area contributed by atoms with Crippen molar-refractivity contribution in [3.63, 3.8) is 0 Å². The van der Waals surface area contributed by atoms with E-state index in [4.69, 9.17) is 0 Å². The van der Waals surface area contributed by atoms with E-state index in [-0.39, 0.29) is 29.4 Å². The van der Waals surface area contributed by atoms with E-state index in [1.165, 1.54) is 10.4 Å². The predicted octanol–water partition coefficient (Wildman–Crippen LogP) is 2.39. The minimum absolute atomic E-state index is 0.0390. The van der Waals surface area contributed by atoms with Crippen LogP contribution in [0.1, 0.15) is 50.5 Å². The van der Waals surface area contributed by atoms with Gasteiger partial charge < -0.3 is 5.32 Å². The Balaban J connectivity index is 1.55. The first kappa shape index (κ1) is 18.3. The lowest BCUT2D eigenvalue weighted by Gasteiger charge is -2.37. The Labute approximate surface area is 148 Å². The second-order valence-electron chi connectivity index (χ2n) is 7.01. The summed E-state index contributed by atoms with van der Waals surface area (Å²) in [7, 11) is -3.36. The van der Waals surface area contributed by atoms with Gasteiger partial charge in [0.05, 0.1) is 5.75 Å². The fraction of sp³-hybridized carbons (Fsp3) is 0.611. The topological polar surface area (TPSA) is 66.5 Å². The largest absolute Gasteiger partial charge is 0.352 e. The zero-order valence-corrected chi connectivity index (χ0v) is 15.3. The van der Waals surface area contributed by atoms with Crippen LogP contribution in [0.4, 0.5) is 4.39 Å². The van der Waals surface area contributed by atoms with Gasteiger partial charge in [-0.1, -0.05) is 19.1 Å². The monoisotopic (exact) mass is 368 g/mol. The van der Waals surface area contributed by atoms with Crippen LogP contribution in [0.3, 0.4) is 0 Å². The van der Waals surface area contributed by atoms with Crippen LogP contribution in [0.15, 0.2) is 24.3 Å². The summed E-state index contributed by atoms with van der Waals surface area (Å²) < 4.78 is 39.2. The third-order valence-corrected chi connectivity index (χ3v) is 7.21. The van der Waals surface area contributed by atoms with E-state index in [2.05, 4.69) is 5.32 Å². The number of nitrogens with zero attached hydrogens (tertiary/aromatic N) is 1. The molecule has 5 nitrogen and oxygen atoms in total. The first-order chi connectivity index (χ1) is 11.9. The lowest BCUT2D eigenvalue weighted by Crippen LogP contribution is -2.52. The second-order valence-corrected chi connectivity index (χ2v) is 9.05. The summed E-state index contributed by atoms with van der Waals surface area (Å²) in [5.74, 6) is -0.0981. The van der Waals surface area contributed by atoms with Crippen molar-refractivity contribution in [1.29, 1.82) is 0 Å². The highest BCUT2D eigenvalue weighted by molar-refractivity contribution is 7.89. The molecule has 0 radical (unpaired) electrons. The standard InChI is InChI=1S/C18H25FN2O3S/c1-2-9-25(23,24)21-8-4-7-17(21)18(22)20-16-11-14(12-16)13-5-3-6-15(19)10-13/h3,5-6,10,14,16-17H,2,4,7-9,11-12H2,1H3,(H,20,22). The number of carbonyl (C=O) groups is 1. The van der Waals surface area contributed by atoms with E-state index >= 15 is 0 Å². The lowest BCUT2D eigenvalue weighted by molar-refractivity contribution is -0.125. The van der Waals surface area contributed by atoms with Gasteiger partial charge in [0.1, 0.15) is 11.9 Å². The van der Waals surface area contributed by atoms with Crippen molar-refractivity contribution in [1.82, 2.24) is 9.62 Å². The maximum Gasteiger partial charge on any atom is 0.238 e. The molecule has 1 amide bonds. The summed E-state index contributed by atoms with van der Waals surface area (Å²) >= 11 is 0. The van der Waals surface area contributed by atoms with E-state index in [0.717, 1.165) is 24.8 Å². The first-order valence-corrected chi connectivity index (χ1v) is 10.6. The van der Waals surface area contributed by atoms with Gasteiger partial charge in [-0.15, -0.1) is 0 Å². The minimum Gasteiger partial charge on any atom is -0.352 e. The molecule has 3 rings (SSSR count). The fourth-order valence-electron chi connectivity index (χ4n) is 3.78. The van der Waals surface area contributed by atoms with Crippen LogP contribution in [0.25, 0.3) is 0 Å². The molecule has 138 valence electrons. The molecule has 1 saturated heterocycles. The van der Waals surface area contributed by atoms with Crippen molar-refractivity contribution >= 4 is 15.9 Å². The van der Waals surface area contributed by atoms with Gasteiger partial charge in [-0.2, -0.15) is 4.31 Å². The van der Waals surface area contributed by atoms with Crippen molar-refractivity contribution in [3.8, 4) is 0 Å². The van der Waals surface area contributed by atoms with E-state index < -0.39 is 16.1 Å². The third-order valence-electron chi connectivity index (χ3n) is 5.13. The summed E-state index contributed by atoms with van der Waals surface area (Å²) in [6.07, 6.45) is 3.38. The van der Waals surface area contributed by atoms with Crippen LogP contribution in [0.2, 0.25) is 0 Å². The maximum atomic E-state index is 13.3. The molecule has 25 heavy (non-hydrogen) atoms. The quantitative estimate of drug-likeness (QED) is 0.838. The van der Waals surface area contributed by atoms with E-state index in [0.29, 0.717) is 19.4 Å². The number of nitrogens with one attached hydrogen (secondary N) is 1. The van der Waals surface area contributed by atoms with Crippen LogP contribution < -0.4 is 5.32 Å². The molecule has 1 aromatic carbocycles. The van der Waals surface area contributed by atoms with E-state index in [1.807, 2.05) is 13.0 Å².